The van der Waals surface area contributed by atoms with Crippen LogP contribution >= 0.6 is 23.2 Å². The number of hydrogen-bond donors (Lipinski definition) is 0. The van der Waals surface area contributed by atoms with Crippen LogP contribution in [-0.4, -0.2) is 16.8 Å². The monoisotopic (exact) mass is 339 g/mol. The number of benzene rings is 2. The maximum atomic E-state index is 12.2. The van der Waals surface area contributed by atoms with E-state index in [1.54, 1.807) is 24.3 Å². The topological polar surface area (TPSA) is 69.4 Å². The molecular weight excluding hydrogens is 329 g/mol. The molecule has 7 heteroatoms. The van der Waals surface area contributed by atoms with Gasteiger partial charge in [0.1, 0.15) is 0 Å². The summed E-state index contributed by atoms with van der Waals surface area (Å²) in [4.78, 5) is 22.6. The first-order valence-electron chi connectivity index (χ1n) is 6.29. The quantitative estimate of drug-likeness (QED) is 0.455. The van der Waals surface area contributed by atoms with Crippen molar-refractivity contribution in [2.45, 2.75) is 13.0 Å². The van der Waals surface area contributed by atoms with Crippen molar-refractivity contribution in [1.82, 2.24) is 0 Å². The normalized spacial score (nSPS) is 11.8. The maximum Gasteiger partial charge on any atom is 0.312 e. The predicted molar refractivity (Wildman–Crippen MR) is 84.0 cm³/mol. The molecule has 5 nitrogen and oxygen atoms in total. The van der Waals surface area contributed by atoms with E-state index in [0.29, 0.717) is 10.6 Å². The van der Waals surface area contributed by atoms with Gasteiger partial charge in [0.25, 0.3) is 0 Å². The minimum Gasteiger partial charge on any atom is -0.475 e. The molecule has 0 amide bonds. The largest absolute Gasteiger partial charge is 0.475 e. The summed E-state index contributed by atoms with van der Waals surface area (Å²) >= 11 is 11.5. The first-order chi connectivity index (χ1) is 10.4. The van der Waals surface area contributed by atoms with Gasteiger partial charge in [-0.1, -0.05) is 23.2 Å². The highest BCUT2D eigenvalue weighted by Gasteiger charge is 2.22. The van der Waals surface area contributed by atoms with E-state index in [0.717, 1.165) is 0 Å². The van der Waals surface area contributed by atoms with Gasteiger partial charge in [0, 0.05) is 21.7 Å². The van der Waals surface area contributed by atoms with E-state index in [-0.39, 0.29) is 22.2 Å². The van der Waals surface area contributed by atoms with Gasteiger partial charge >= 0.3 is 5.69 Å². The Kier molecular flexibility index (Phi) is 5.00. The van der Waals surface area contributed by atoms with Gasteiger partial charge in [-0.3, -0.25) is 14.9 Å². The first-order valence-corrected chi connectivity index (χ1v) is 7.04. The van der Waals surface area contributed by atoms with Crippen molar-refractivity contribution in [2.75, 3.05) is 0 Å². The van der Waals surface area contributed by atoms with Crippen LogP contribution in [0.25, 0.3) is 0 Å². The first kappa shape index (κ1) is 16.3. The SMILES string of the molecule is C[C@@H](Oc1ccc(Cl)cc1[N+](=O)[O-])C(=O)c1ccc(Cl)cc1. The number of ketones is 1. The number of nitro benzene ring substituents is 1. The second-order valence-electron chi connectivity index (χ2n) is 4.50. The third-order valence-corrected chi connectivity index (χ3v) is 3.41. The molecule has 0 bridgehead atoms. The fourth-order valence-corrected chi connectivity index (χ4v) is 2.12. The van der Waals surface area contributed by atoms with Crippen LogP contribution in [0.3, 0.4) is 0 Å². The molecule has 22 heavy (non-hydrogen) atoms. The number of rotatable bonds is 5. The van der Waals surface area contributed by atoms with Crippen molar-refractivity contribution in [1.29, 1.82) is 0 Å². The Bertz CT molecular complexity index is 716. The van der Waals surface area contributed by atoms with Crippen LogP contribution in [0.5, 0.6) is 5.75 Å². The van der Waals surface area contributed by atoms with Gasteiger partial charge in [0.05, 0.1) is 4.92 Å². The fraction of sp³-hybridized carbons (Fsp3) is 0.133. The van der Waals surface area contributed by atoms with Crippen LogP contribution in [0, 0.1) is 10.1 Å². The van der Waals surface area contributed by atoms with Gasteiger partial charge in [-0.2, -0.15) is 0 Å². The maximum absolute atomic E-state index is 12.2. The Morgan fingerprint density at radius 1 is 1.14 bits per heavy atom. The van der Waals surface area contributed by atoms with Crippen LogP contribution in [0.2, 0.25) is 10.0 Å². The predicted octanol–water partition coefficient (Wildman–Crippen LogP) is 4.55. The standard InChI is InChI=1S/C15H11Cl2NO4/c1-9(15(19)10-2-4-11(16)5-3-10)22-14-7-6-12(17)8-13(14)18(20)21/h2-9H,1H3/t9-/m1/s1. The van der Waals surface area contributed by atoms with Crippen LogP contribution in [0.1, 0.15) is 17.3 Å². The number of carbonyl (C=O) groups excluding carboxylic acids is 1. The molecular formula is C15H11Cl2NO4. The molecule has 0 fully saturated rings. The number of halogens is 2. The van der Waals surface area contributed by atoms with E-state index < -0.39 is 11.0 Å². The number of ether oxygens (including phenoxy) is 1. The zero-order valence-electron chi connectivity index (χ0n) is 11.5. The van der Waals surface area contributed by atoms with Crippen molar-refractivity contribution < 1.29 is 14.5 Å². The minimum atomic E-state index is -0.888. The van der Waals surface area contributed by atoms with Crippen molar-refractivity contribution >= 4 is 34.7 Å². The number of nitrogens with zero attached hydrogens (tertiary/aromatic N) is 1. The summed E-state index contributed by atoms with van der Waals surface area (Å²) in [6, 6.07) is 10.3. The van der Waals surface area contributed by atoms with Gasteiger partial charge in [-0.05, 0) is 43.3 Å². The molecule has 0 aliphatic rings. The lowest BCUT2D eigenvalue weighted by Crippen LogP contribution is -2.24. The van der Waals surface area contributed by atoms with E-state index >= 15 is 0 Å². The molecule has 114 valence electrons. The lowest BCUT2D eigenvalue weighted by molar-refractivity contribution is -0.386. The third kappa shape index (κ3) is 3.75. The summed E-state index contributed by atoms with van der Waals surface area (Å²) in [6.45, 7) is 1.52. The Labute approximate surface area is 136 Å². The van der Waals surface area contributed by atoms with E-state index in [4.69, 9.17) is 27.9 Å². The molecule has 0 N–H and O–H groups in total. The van der Waals surface area contributed by atoms with E-state index in [1.807, 2.05) is 0 Å². The van der Waals surface area contributed by atoms with E-state index in [1.165, 1.54) is 25.1 Å². The average molecular weight is 340 g/mol. The third-order valence-electron chi connectivity index (χ3n) is 2.92. The van der Waals surface area contributed by atoms with Crippen LogP contribution in [0.15, 0.2) is 42.5 Å². The molecule has 0 spiro atoms. The zero-order chi connectivity index (χ0) is 16.3. The number of hydrogen-bond acceptors (Lipinski definition) is 4. The summed E-state index contributed by atoms with van der Waals surface area (Å²) < 4.78 is 5.43. The van der Waals surface area contributed by atoms with Gasteiger partial charge in [0.2, 0.25) is 5.78 Å². The van der Waals surface area contributed by atoms with Crippen molar-refractivity contribution in [3.8, 4) is 5.75 Å². The molecule has 2 aromatic carbocycles. The number of Topliss-reactive ketones (excluding diaryl/α,β-unsaturated/α-hetero) is 1. The molecule has 0 aromatic heterocycles. The number of nitro groups is 1. The molecule has 2 aromatic rings. The molecule has 0 heterocycles. The molecule has 1 atom stereocenters. The number of carbonyl (C=O) groups is 1. The lowest BCUT2D eigenvalue weighted by Gasteiger charge is -2.14. The van der Waals surface area contributed by atoms with Crippen LogP contribution < -0.4 is 4.74 Å². The van der Waals surface area contributed by atoms with Gasteiger partial charge in [-0.25, -0.2) is 0 Å². The highest BCUT2D eigenvalue weighted by Crippen LogP contribution is 2.31. The van der Waals surface area contributed by atoms with Gasteiger partial charge in [0.15, 0.2) is 11.9 Å². The molecule has 0 saturated carbocycles. The van der Waals surface area contributed by atoms with Gasteiger partial charge < -0.3 is 4.74 Å². The molecule has 0 aliphatic carbocycles. The van der Waals surface area contributed by atoms with Crippen molar-refractivity contribution in [3.63, 3.8) is 0 Å². The summed E-state index contributed by atoms with van der Waals surface area (Å²) in [5, 5.41) is 11.7. The Morgan fingerprint density at radius 3 is 2.32 bits per heavy atom. The molecule has 0 unspecified atom stereocenters. The Hall–Kier alpha value is -2.11. The second-order valence-corrected chi connectivity index (χ2v) is 5.37. The summed E-state index contributed by atoms with van der Waals surface area (Å²) in [5.41, 5.74) is 0.122. The van der Waals surface area contributed by atoms with Gasteiger partial charge in [-0.15, -0.1) is 0 Å². The average Bonchev–Trinajstić information content (AvgIpc) is 2.48. The molecule has 2 rings (SSSR count). The smallest absolute Gasteiger partial charge is 0.312 e. The Balaban J connectivity index is 2.21. The van der Waals surface area contributed by atoms with Crippen LogP contribution in [-0.2, 0) is 0 Å². The van der Waals surface area contributed by atoms with Crippen LogP contribution in [0.4, 0.5) is 5.69 Å². The summed E-state index contributed by atoms with van der Waals surface area (Å²) in [5.74, 6) is -0.315. The van der Waals surface area contributed by atoms with Crippen molar-refractivity contribution in [3.05, 3.63) is 68.2 Å². The zero-order valence-corrected chi connectivity index (χ0v) is 13.0. The fourth-order valence-electron chi connectivity index (χ4n) is 1.83. The molecule has 0 radical (unpaired) electrons. The lowest BCUT2D eigenvalue weighted by atomic mass is 10.1. The Morgan fingerprint density at radius 2 is 1.73 bits per heavy atom. The summed E-state index contributed by atoms with van der Waals surface area (Å²) in [7, 11) is 0. The summed E-state index contributed by atoms with van der Waals surface area (Å²) in [6.07, 6.45) is -0.888. The second kappa shape index (κ2) is 6.77. The highest BCUT2D eigenvalue weighted by atomic mass is 35.5. The highest BCUT2D eigenvalue weighted by molar-refractivity contribution is 6.31. The van der Waals surface area contributed by atoms with Crippen molar-refractivity contribution in [2.24, 2.45) is 0 Å². The molecule has 0 aliphatic heterocycles. The van der Waals surface area contributed by atoms with E-state index in [9.17, 15) is 14.9 Å². The molecule has 0 saturated heterocycles. The minimum absolute atomic E-state index is 0.00999. The van der Waals surface area contributed by atoms with E-state index in [2.05, 4.69) is 0 Å².